The van der Waals surface area contributed by atoms with E-state index in [1.165, 1.54) is 0 Å². The van der Waals surface area contributed by atoms with Gasteiger partial charge in [-0.05, 0) is 49.6 Å². The van der Waals surface area contributed by atoms with Crippen LogP contribution in [0.25, 0.3) is 11.3 Å². The van der Waals surface area contributed by atoms with Crippen molar-refractivity contribution in [1.82, 2.24) is 14.7 Å². The maximum absolute atomic E-state index is 13.8. The van der Waals surface area contributed by atoms with Crippen LogP contribution in [0.15, 0.2) is 36.4 Å². The largest absolute Gasteiger partial charge is 0.327 e. The molecule has 0 aliphatic carbocycles. The molecule has 2 aliphatic heterocycles. The summed E-state index contributed by atoms with van der Waals surface area (Å²) in [6, 6.07) is 8.54. The lowest BCUT2D eigenvalue weighted by molar-refractivity contribution is 0.0642. The number of aryl methyl sites for hydroxylation is 1. The van der Waals surface area contributed by atoms with Crippen molar-refractivity contribution in [2.75, 3.05) is 0 Å². The summed E-state index contributed by atoms with van der Waals surface area (Å²) >= 11 is 6.05. The van der Waals surface area contributed by atoms with Crippen LogP contribution in [0.4, 0.5) is 13.2 Å². The standard InChI is InChI=1S/C22H17ClF3N3O/c1-28-21(12-8-16(24)19(26)17(25)9-12)15-10-14-5-6-18(20(15)27-28)29(14)22(30)11-3-2-4-13(23)7-11/h2-4,7-9,14,18H,5-6,10H2,1H3. The monoisotopic (exact) mass is 431 g/mol. The van der Waals surface area contributed by atoms with Gasteiger partial charge in [0.2, 0.25) is 0 Å². The Morgan fingerprint density at radius 3 is 2.57 bits per heavy atom. The summed E-state index contributed by atoms with van der Waals surface area (Å²) in [6.07, 6.45) is 2.08. The van der Waals surface area contributed by atoms with Crippen molar-refractivity contribution in [2.24, 2.45) is 7.05 Å². The van der Waals surface area contributed by atoms with Gasteiger partial charge in [0.15, 0.2) is 17.5 Å². The quantitative estimate of drug-likeness (QED) is 0.532. The molecule has 1 saturated heterocycles. The highest BCUT2D eigenvalue weighted by Crippen LogP contribution is 2.46. The van der Waals surface area contributed by atoms with Crippen LogP contribution >= 0.6 is 11.6 Å². The summed E-state index contributed by atoms with van der Waals surface area (Å²) in [5, 5.41) is 5.08. The van der Waals surface area contributed by atoms with Gasteiger partial charge in [-0.2, -0.15) is 5.10 Å². The van der Waals surface area contributed by atoms with Crippen LogP contribution < -0.4 is 0 Å². The number of amides is 1. The van der Waals surface area contributed by atoms with Crippen molar-refractivity contribution in [3.05, 3.63) is 75.7 Å². The minimum Gasteiger partial charge on any atom is -0.327 e. The number of benzene rings is 2. The Bertz CT molecular complexity index is 1170. The van der Waals surface area contributed by atoms with Gasteiger partial charge in [0, 0.05) is 34.8 Å². The lowest BCUT2D eigenvalue weighted by Gasteiger charge is -2.34. The summed E-state index contributed by atoms with van der Waals surface area (Å²) in [7, 11) is 1.68. The van der Waals surface area contributed by atoms with Gasteiger partial charge in [0.25, 0.3) is 5.91 Å². The summed E-state index contributed by atoms with van der Waals surface area (Å²) in [6.45, 7) is 0. The van der Waals surface area contributed by atoms with Crippen LogP contribution in [-0.4, -0.2) is 26.6 Å². The third kappa shape index (κ3) is 2.83. The van der Waals surface area contributed by atoms with Crippen molar-refractivity contribution < 1.29 is 18.0 Å². The molecule has 3 aromatic rings. The fraction of sp³-hybridized carbons (Fsp3) is 0.273. The van der Waals surface area contributed by atoms with Gasteiger partial charge in [-0.1, -0.05) is 17.7 Å². The zero-order valence-electron chi connectivity index (χ0n) is 16.0. The van der Waals surface area contributed by atoms with Gasteiger partial charge in [-0.15, -0.1) is 0 Å². The lowest BCUT2D eigenvalue weighted by atomic mass is 9.94. The molecule has 0 radical (unpaired) electrons. The van der Waals surface area contributed by atoms with Gasteiger partial charge in [-0.3, -0.25) is 9.48 Å². The first kappa shape index (κ1) is 19.2. The molecule has 0 N–H and O–H groups in total. The molecule has 154 valence electrons. The van der Waals surface area contributed by atoms with E-state index < -0.39 is 17.5 Å². The van der Waals surface area contributed by atoms with Crippen molar-refractivity contribution in [3.8, 4) is 11.3 Å². The molecule has 0 spiro atoms. The van der Waals surface area contributed by atoms with Crippen LogP contribution in [0.3, 0.4) is 0 Å². The molecule has 4 nitrogen and oxygen atoms in total. The van der Waals surface area contributed by atoms with Gasteiger partial charge in [0.05, 0.1) is 17.4 Å². The van der Waals surface area contributed by atoms with Crippen molar-refractivity contribution in [1.29, 1.82) is 0 Å². The van der Waals surface area contributed by atoms with E-state index in [0.29, 0.717) is 22.7 Å². The summed E-state index contributed by atoms with van der Waals surface area (Å²) in [5.74, 6) is -4.08. The van der Waals surface area contributed by atoms with Crippen LogP contribution in [-0.2, 0) is 13.5 Å². The molecule has 3 heterocycles. The topological polar surface area (TPSA) is 38.1 Å². The second-order valence-corrected chi connectivity index (χ2v) is 8.20. The van der Waals surface area contributed by atoms with Crippen molar-refractivity contribution in [3.63, 3.8) is 0 Å². The summed E-state index contributed by atoms with van der Waals surface area (Å²) in [5.41, 5.74) is 2.88. The molecule has 1 fully saturated rings. The second kappa shape index (κ2) is 6.87. The normalized spacial score (nSPS) is 19.8. The number of fused-ring (bicyclic) bond motifs is 4. The number of rotatable bonds is 2. The predicted octanol–water partition coefficient (Wildman–Crippen LogP) is 5.06. The Morgan fingerprint density at radius 1 is 1.13 bits per heavy atom. The van der Waals surface area contributed by atoms with Crippen molar-refractivity contribution >= 4 is 17.5 Å². The Labute approximate surface area is 175 Å². The van der Waals surface area contributed by atoms with E-state index in [1.54, 1.807) is 36.0 Å². The van der Waals surface area contributed by atoms with Crippen molar-refractivity contribution in [2.45, 2.75) is 31.3 Å². The first-order valence-corrected chi connectivity index (χ1v) is 10.0. The molecule has 0 saturated carbocycles. The molecule has 30 heavy (non-hydrogen) atoms. The van der Waals surface area contributed by atoms with Gasteiger partial charge >= 0.3 is 0 Å². The first-order chi connectivity index (χ1) is 14.3. The van der Waals surface area contributed by atoms with E-state index in [1.807, 2.05) is 4.90 Å². The molecule has 1 amide bonds. The highest BCUT2D eigenvalue weighted by molar-refractivity contribution is 6.31. The molecule has 5 rings (SSSR count). The number of halogens is 4. The maximum atomic E-state index is 13.8. The van der Waals surface area contributed by atoms with Gasteiger partial charge in [-0.25, -0.2) is 13.2 Å². The highest BCUT2D eigenvalue weighted by atomic mass is 35.5. The Balaban J connectivity index is 1.57. The maximum Gasteiger partial charge on any atom is 0.254 e. The van der Waals surface area contributed by atoms with E-state index in [0.717, 1.165) is 36.2 Å². The highest BCUT2D eigenvalue weighted by Gasteiger charge is 2.45. The molecule has 2 aliphatic rings. The second-order valence-electron chi connectivity index (χ2n) is 7.76. The van der Waals surface area contributed by atoms with Crippen LogP contribution in [0, 0.1) is 17.5 Å². The average Bonchev–Trinajstić information content (AvgIpc) is 3.21. The SMILES string of the molecule is Cn1nc2c(c1-c1cc(F)c(F)c(F)c1)CC1CCC2N1C(=O)c1cccc(Cl)c1. The van der Waals surface area contributed by atoms with E-state index in [-0.39, 0.29) is 23.6 Å². The Morgan fingerprint density at radius 2 is 1.87 bits per heavy atom. The van der Waals surface area contributed by atoms with Crippen LogP contribution in [0.5, 0.6) is 0 Å². The summed E-state index contributed by atoms with van der Waals surface area (Å²) < 4.78 is 42.7. The zero-order chi connectivity index (χ0) is 21.2. The molecule has 2 aromatic carbocycles. The first-order valence-electron chi connectivity index (χ1n) is 9.64. The Kier molecular flexibility index (Phi) is 4.39. The number of hydrogen-bond acceptors (Lipinski definition) is 2. The number of hydrogen-bond donors (Lipinski definition) is 0. The van der Waals surface area contributed by atoms with E-state index in [9.17, 15) is 18.0 Å². The Hall–Kier alpha value is -2.80. The van der Waals surface area contributed by atoms with Crippen LogP contribution in [0.1, 0.15) is 40.5 Å². The van der Waals surface area contributed by atoms with E-state index in [4.69, 9.17) is 11.6 Å². The molecule has 8 heteroatoms. The van der Waals surface area contributed by atoms with Crippen LogP contribution in [0.2, 0.25) is 5.02 Å². The van der Waals surface area contributed by atoms with E-state index >= 15 is 0 Å². The predicted molar refractivity (Wildman–Crippen MR) is 106 cm³/mol. The molecular weight excluding hydrogens is 415 g/mol. The lowest BCUT2D eigenvalue weighted by Crippen LogP contribution is -2.41. The molecular formula is C22H17ClF3N3O. The smallest absolute Gasteiger partial charge is 0.254 e. The fourth-order valence-corrected chi connectivity index (χ4v) is 4.97. The molecule has 1 aromatic heterocycles. The third-order valence-corrected chi connectivity index (χ3v) is 6.23. The van der Waals surface area contributed by atoms with Gasteiger partial charge in [0.1, 0.15) is 0 Å². The number of aromatic nitrogens is 2. The molecule has 2 bridgehead atoms. The minimum absolute atomic E-state index is 0.0490. The third-order valence-electron chi connectivity index (χ3n) is 6.00. The molecule has 2 unspecified atom stereocenters. The van der Waals surface area contributed by atoms with Gasteiger partial charge < -0.3 is 4.90 Å². The zero-order valence-corrected chi connectivity index (χ0v) is 16.8. The fourth-order valence-electron chi connectivity index (χ4n) is 4.78. The average molecular weight is 432 g/mol. The minimum atomic E-state index is -1.49. The number of nitrogens with zero attached hydrogens (tertiary/aromatic N) is 3. The number of carbonyl (C=O) groups is 1. The summed E-state index contributed by atoms with van der Waals surface area (Å²) in [4.78, 5) is 15.0. The number of carbonyl (C=O) groups excluding carboxylic acids is 1. The molecule has 2 atom stereocenters. The van der Waals surface area contributed by atoms with E-state index in [2.05, 4.69) is 5.10 Å².